The second-order valence-electron chi connectivity index (χ2n) is 8.27. The van der Waals surface area contributed by atoms with Crippen LogP contribution in [-0.4, -0.2) is 32.5 Å². The van der Waals surface area contributed by atoms with Crippen molar-refractivity contribution in [1.82, 2.24) is 15.0 Å². The van der Waals surface area contributed by atoms with E-state index in [1.165, 1.54) is 6.20 Å². The molecule has 2 heterocycles. The number of nitrogens with one attached hydrogen (secondary N) is 4. The molecule has 0 aliphatic carbocycles. The number of hydrogen-bond acceptors (Lipinski definition) is 5. The number of hydrogen-bond donors (Lipinski definition) is 5. The summed E-state index contributed by atoms with van der Waals surface area (Å²) < 4.78 is 27.3. The lowest BCUT2D eigenvalue weighted by Crippen LogP contribution is -2.17. The van der Waals surface area contributed by atoms with Gasteiger partial charge in [-0.15, -0.1) is 0 Å². The highest BCUT2D eigenvalue weighted by Crippen LogP contribution is 2.28. The van der Waals surface area contributed by atoms with Crippen molar-refractivity contribution in [3.8, 4) is 11.4 Å². The van der Waals surface area contributed by atoms with Crippen LogP contribution >= 0.6 is 0 Å². The summed E-state index contributed by atoms with van der Waals surface area (Å²) in [6, 6.07) is 18.4. The third-order valence-corrected chi connectivity index (χ3v) is 5.80. The highest BCUT2D eigenvalue weighted by Gasteiger charge is 2.19. The predicted octanol–water partition coefficient (Wildman–Crippen LogP) is 4.59. The van der Waals surface area contributed by atoms with E-state index in [2.05, 4.69) is 25.6 Å². The maximum Gasteiger partial charge on any atom is 0.261 e. The molecule has 0 aliphatic heterocycles. The average molecular weight is 501 g/mol. The summed E-state index contributed by atoms with van der Waals surface area (Å²) in [5.74, 6) is -2.33. The van der Waals surface area contributed by atoms with Gasteiger partial charge in [0, 0.05) is 18.8 Å². The number of aliphatic hydroxyl groups excluding tert-OH is 1. The first kappa shape index (κ1) is 23.9. The molecule has 0 bridgehead atoms. The van der Waals surface area contributed by atoms with Crippen LogP contribution in [0.25, 0.3) is 22.4 Å². The summed E-state index contributed by atoms with van der Waals surface area (Å²) in [6.07, 6.45) is 0.673. The van der Waals surface area contributed by atoms with Gasteiger partial charge in [0.2, 0.25) is 0 Å². The van der Waals surface area contributed by atoms with E-state index in [4.69, 9.17) is 0 Å². The lowest BCUT2D eigenvalue weighted by atomic mass is 10.1. The number of carbonyl (C=O) groups excluding carboxylic acids is 1. The van der Waals surface area contributed by atoms with Crippen LogP contribution in [0.1, 0.15) is 22.0 Å². The molecule has 0 saturated carbocycles. The van der Waals surface area contributed by atoms with Gasteiger partial charge >= 0.3 is 0 Å². The zero-order chi connectivity index (χ0) is 25.9. The number of aromatic amines is 2. The minimum atomic E-state index is -0.989. The monoisotopic (exact) mass is 501 g/mol. The molecule has 5 aromatic rings. The summed E-state index contributed by atoms with van der Waals surface area (Å²) in [4.78, 5) is 35.6. The second-order valence-corrected chi connectivity index (χ2v) is 8.27. The molecule has 0 fully saturated rings. The minimum absolute atomic E-state index is 0.144. The summed E-state index contributed by atoms with van der Waals surface area (Å²) in [5.41, 5.74) is 1.77. The SMILES string of the molecule is O=C(Nc1cccc2[nH]c(-c3c(NC[C@H](O)c4ccccc4)cc[nH]c3=O)nc12)c1ccc(F)cc1F. The van der Waals surface area contributed by atoms with Crippen LogP contribution in [0.4, 0.5) is 20.2 Å². The van der Waals surface area contributed by atoms with Crippen molar-refractivity contribution in [3.05, 3.63) is 112 Å². The summed E-state index contributed by atoms with van der Waals surface area (Å²) in [6.45, 7) is 0.144. The molecule has 186 valence electrons. The lowest BCUT2D eigenvalue weighted by Gasteiger charge is -2.14. The van der Waals surface area contributed by atoms with Gasteiger partial charge in [-0.25, -0.2) is 13.8 Å². The van der Waals surface area contributed by atoms with Gasteiger partial charge in [0.25, 0.3) is 11.5 Å². The largest absolute Gasteiger partial charge is 0.387 e. The molecule has 37 heavy (non-hydrogen) atoms. The fourth-order valence-corrected chi connectivity index (χ4v) is 3.98. The van der Waals surface area contributed by atoms with Crippen molar-refractivity contribution in [2.75, 3.05) is 17.2 Å². The number of H-pyrrole nitrogens is 2. The van der Waals surface area contributed by atoms with Crippen LogP contribution in [-0.2, 0) is 0 Å². The van der Waals surface area contributed by atoms with Crippen LogP contribution in [0.2, 0.25) is 0 Å². The number of rotatable bonds is 7. The zero-order valence-corrected chi connectivity index (χ0v) is 19.3. The molecular weight excluding hydrogens is 480 g/mol. The topological polar surface area (TPSA) is 123 Å². The van der Waals surface area contributed by atoms with E-state index in [1.807, 2.05) is 18.2 Å². The first-order valence-corrected chi connectivity index (χ1v) is 11.3. The van der Waals surface area contributed by atoms with E-state index in [0.717, 1.165) is 17.7 Å². The van der Waals surface area contributed by atoms with Gasteiger partial charge in [0.15, 0.2) is 0 Å². The number of nitrogens with zero attached hydrogens (tertiary/aromatic N) is 1. The number of benzene rings is 3. The number of carbonyl (C=O) groups is 1. The van der Waals surface area contributed by atoms with Gasteiger partial charge in [0.05, 0.1) is 28.6 Å². The Morgan fingerprint density at radius 1 is 1.00 bits per heavy atom. The van der Waals surface area contributed by atoms with Gasteiger partial charge in [0.1, 0.15) is 28.5 Å². The van der Waals surface area contributed by atoms with E-state index in [9.17, 15) is 23.5 Å². The third kappa shape index (κ3) is 4.95. The maximum atomic E-state index is 14.1. The highest BCUT2D eigenvalue weighted by molar-refractivity contribution is 6.08. The minimum Gasteiger partial charge on any atom is -0.387 e. The molecule has 0 spiro atoms. The Morgan fingerprint density at radius 3 is 2.59 bits per heavy atom. The summed E-state index contributed by atoms with van der Waals surface area (Å²) >= 11 is 0. The number of fused-ring (bicyclic) bond motifs is 1. The molecule has 5 rings (SSSR count). The Kier molecular flexibility index (Phi) is 6.48. The van der Waals surface area contributed by atoms with Crippen molar-refractivity contribution < 1.29 is 18.7 Å². The van der Waals surface area contributed by atoms with E-state index in [-0.39, 0.29) is 29.2 Å². The molecule has 0 aliphatic rings. The van der Waals surface area contributed by atoms with E-state index in [0.29, 0.717) is 22.8 Å². The van der Waals surface area contributed by atoms with Crippen molar-refractivity contribution >= 4 is 28.3 Å². The standard InChI is InChI=1S/C27H21F2N5O3/c28-16-9-10-17(18(29)13-16)26(36)33-21-8-4-7-20-24(21)34-25(32-20)23-19(11-12-30-27(23)37)31-14-22(35)15-5-2-1-3-6-15/h1-13,22,35H,14H2,(H,32,34)(H,33,36)(H2,30,31,37)/t22-/m0/s1. The number of aromatic nitrogens is 3. The highest BCUT2D eigenvalue weighted by atomic mass is 19.1. The predicted molar refractivity (Wildman–Crippen MR) is 136 cm³/mol. The first-order valence-electron chi connectivity index (χ1n) is 11.3. The molecule has 3 aromatic carbocycles. The van der Waals surface area contributed by atoms with Gasteiger partial charge in [-0.05, 0) is 35.9 Å². The molecule has 1 amide bonds. The Morgan fingerprint density at radius 2 is 1.81 bits per heavy atom. The smallest absolute Gasteiger partial charge is 0.261 e. The van der Waals surface area contributed by atoms with Crippen LogP contribution < -0.4 is 16.2 Å². The van der Waals surface area contributed by atoms with Crippen LogP contribution in [0, 0.1) is 11.6 Å². The molecule has 2 aromatic heterocycles. The van der Waals surface area contributed by atoms with E-state index < -0.39 is 29.2 Å². The molecular formula is C27H21F2N5O3. The quantitative estimate of drug-likeness (QED) is 0.223. The molecule has 8 nitrogen and oxygen atoms in total. The van der Waals surface area contributed by atoms with Crippen molar-refractivity contribution in [2.45, 2.75) is 6.10 Å². The number of imidazole rings is 1. The van der Waals surface area contributed by atoms with Crippen molar-refractivity contribution in [1.29, 1.82) is 0 Å². The Balaban J connectivity index is 1.45. The van der Waals surface area contributed by atoms with Gasteiger partial charge in [-0.3, -0.25) is 9.59 Å². The molecule has 0 unspecified atom stereocenters. The molecule has 0 radical (unpaired) electrons. The zero-order valence-electron chi connectivity index (χ0n) is 19.3. The molecule has 5 N–H and O–H groups in total. The van der Waals surface area contributed by atoms with E-state index >= 15 is 0 Å². The normalized spacial score (nSPS) is 11.9. The molecule has 10 heteroatoms. The number of aliphatic hydroxyl groups is 1. The third-order valence-electron chi connectivity index (χ3n) is 5.80. The second kappa shape index (κ2) is 10.0. The van der Waals surface area contributed by atoms with Crippen LogP contribution in [0.3, 0.4) is 0 Å². The Labute approximate surface area is 209 Å². The van der Waals surface area contributed by atoms with E-state index in [1.54, 1.807) is 36.4 Å². The molecule has 0 saturated heterocycles. The first-order chi connectivity index (χ1) is 17.9. The molecule has 1 atom stereocenters. The maximum absolute atomic E-state index is 14.1. The Hall–Kier alpha value is -4.83. The van der Waals surface area contributed by atoms with Crippen LogP contribution in [0.5, 0.6) is 0 Å². The van der Waals surface area contributed by atoms with Crippen LogP contribution in [0.15, 0.2) is 83.8 Å². The summed E-state index contributed by atoms with van der Waals surface area (Å²) in [7, 11) is 0. The fourth-order valence-electron chi connectivity index (χ4n) is 3.98. The van der Waals surface area contributed by atoms with Crippen molar-refractivity contribution in [2.24, 2.45) is 0 Å². The number of amides is 1. The van der Waals surface area contributed by atoms with Gasteiger partial charge in [-0.1, -0.05) is 36.4 Å². The summed E-state index contributed by atoms with van der Waals surface area (Å²) in [5, 5.41) is 16.2. The van der Waals surface area contributed by atoms with Crippen molar-refractivity contribution in [3.63, 3.8) is 0 Å². The van der Waals surface area contributed by atoms with Gasteiger partial charge in [-0.2, -0.15) is 0 Å². The number of para-hydroxylation sites is 1. The number of halogens is 2. The average Bonchev–Trinajstić information content (AvgIpc) is 3.32. The Bertz CT molecular complexity index is 1650. The van der Waals surface area contributed by atoms with Gasteiger partial charge < -0.3 is 25.7 Å². The lowest BCUT2D eigenvalue weighted by molar-refractivity contribution is 0.102. The fraction of sp³-hybridized carbons (Fsp3) is 0.0741. The number of pyridine rings is 1. The number of anilines is 2.